The van der Waals surface area contributed by atoms with Crippen molar-refractivity contribution in [2.24, 2.45) is 5.73 Å². The van der Waals surface area contributed by atoms with Gasteiger partial charge in [0.2, 0.25) is 5.91 Å². The van der Waals surface area contributed by atoms with Gasteiger partial charge in [-0.05, 0) is 26.7 Å². The maximum atomic E-state index is 11.6. The summed E-state index contributed by atoms with van der Waals surface area (Å²) >= 11 is 1.28. The molecule has 1 amide bonds. The maximum Gasteiger partial charge on any atom is 0.316 e. The zero-order chi connectivity index (χ0) is 15.4. The van der Waals surface area contributed by atoms with Crippen molar-refractivity contribution in [1.29, 1.82) is 0 Å². The van der Waals surface area contributed by atoms with Crippen molar-refractivity contribution in [3.05, 3.63) is 5.82 Å². The predicted molar refractivity (Wildman–Crippen MR) is 77.8 cm³/mol. The van der Waals surface area contributed by atoms with Gasteiger partial charge in [0.15, 0.2) is 5.16 Å². The second-order valence-electron chi connectivity index (χ2n) is 5.31. The van der Waals surface area contributed by atoms with E-state index in [0.29, 0.717) is 17.6 Å². The Morgan fingerprint density at radius 1 is 1.43 bits per heavy atom. The molecular formula is C13H20N4O3S. The maximum absolute atomic E-state index is 11.6. The van der Waals surface area contributed by atoms with Crippen molar-refractivity contribution < 1.29 is 14.3 Å². The van der Waals surface area contributed by atoms with E-state index in [1.807, 2.05) is 18.4 Å². The molecule has 0 atom stereocenters. The summed E-state index contributed by atoms with van der Waals surface area (Å²) in [4.78, 5) is 22.6. The van der Waals surface area contributed by atoms with Crippen molar-refractivity contribution in [2.75, 3.05) is 5.75 Å². The van der Waals surface area contributed by atoms with Crippen molar-refractivity contribution in [3.8, 4) is 0 Å². The van der Waals surface area contributed by atoms with E-state index in [4.69, 9.17) is 10.5 Å². The molecule has 2 N–H and O–H groups in total. The molecular weight excluding hydrogens is 292 g/mol. The van der Waals surface area contributed by atoms with Crippen LogP contribution in [-0.2, 0) is 20.9 Å². The fourth-order valence-corrected chi connectivity index (χ4v) is 2.66. The zero-order valence-electron chi connectivity index (χ0n) is 12.2. The lowest BCUT2D eigenvalue weighted by atomic mass is 10.3. The molecule has 1 heterocycles. The van der Waals surface area contributed by atoms with E-state index in [-0.39, 0.29) is 30.2 Å². The number of amides is 1. The molecule has 116 valence electrons. The van der Waals surface area contributed by atoms with Gasteiger partial charge in [0.25, 0.3) is 0 Å². The molecule has 0 spiro atoms. The molecule has 1 aliphatic carbocycles. The van der Waals surface area contributed by atoms with Crippen molar-refractivity contribution in [3.63, 3.8) is 0 Å². The molecule has 2 rings (SSSR count). The molecule has 1 saturated carbocycles. The average molecular weight is 312 g/mol. The Hall–Kier alpha value is -1.57. The Morgan fingerprint density at radius 3 is 2.71 bits per heavy atom. The topological polar surface area (TPSA) is 100 Å². The Morgan fingerprint density at radius 2 is 2.14 bits per heavy atom. The smallest absolute Gasteiger partial charge is 0.316 e. The van der Waals surface area contributed by atoms with Crippen LogP contribution in [0, 0.1) is 0 Å². The van der Waals surface area contributed by atoms with Gasteiger partial charge < -0.3 is 15.0 Å². The van der Waals surface area contributed by atoms with E-state index < -0.39 is 0 Å². The number of nitrogens with zero attached hydrogens (tertiary/aromatic N) is 3. The first-order valence-corrected chi connectivity index (χ1v) is 7.99. The standard InChI is InChI=1S/C13H20N4O3S/c1-8(2)20-11(19)7-21-13-16-15-12(9-3-4-9)17(13)6-5-10(14)18/h8-9H,3-7H2,1-2H3,(H2,14,18). The lowest BCUT2D eigenvalue weighted by molar-refractivity contribution is -0.144. The first kappa shape index (κ1) is 15.8. The van der Waals surface area contributed by atoms with Crippen LogP contribution >= 0.6 is 11.8 Å². The van der Waals surface area contributed by atoms with Crippen LogP contribution in [0.1, 0.15) is 44.9 Å². The molecule has 1 aliphatic rings. The summed E-state index contributed by atoms with van der Waals surface area (Å²) in [6.07, 6.45) is 2.29. The van der Waals surface area contributed by atoms with E-state index in [1.54, 1.807) is 0 Å². The number of esters is 1. The minimum atomic E-state index is -0.361. The minimum Gasteiger partial charge on any atom is -0.462 e. The lowest BCUT2D eigenvalue weighted by Gasteiger charge is -2.09. The molecule has 21 heavy (non-hydrogen) atoms. The van der Waals surface area contributed by atoms with E-state index in [9.17, 15) is 9.59 Å². The number of carbonyl (C=O) groups is 2. The third-order valence-corrected chi connectivity index (χ3v) is 3.90. The molecule has 0 saturated heterocycles. The van der Waals surface area contributed by atoms with Crippen LogP contribution in [0.3, 0.4) is 0 Å². The second kappa shape index (κ2) is 6.93. The quantitative estimate of drug-likeness (QED) is 0.569. The van der Waals surface area contributed by atoms with Crippen LogP contribution in [-0.4, -0.2) is 38.5 Å². The fraction of sp³-hybridized carbons (Fsp3) is 0.692. The first-order valence-electron chi connectivity index (χ1n) is 7.01. The normalized spacial score (nSPS) is 14.4. The third kappa shape index (κ3) is 4.73. The van der Waals surface area contributed by atoms with Gasteiger partial charge >= 0.3 is 5.97 Å². The van der Waals surface area contributed by atoms with E-state index in [2.05, 4.69) is 10.2 Å². The highest BCUT2D eigenvalue weighted by atomic mass is 32.2. The highest BCUT2D eigenvalue weighted by Crippen LogP contribution is 2.40. The van der Waals surface area contributed by atoms with Gasteiger partial charge in [0, 0.05) is 18.9 Å². The molecule has 0 bridgehead atoms. The van der Waals surface area contributed by atoms with E-state index >= 15 is 0 Å². The predicted octanol–water partition coefficient (Wildman–Crippen LogP) is 1.07. The number of thioether (sulfide) groups is 1. The Bertz CT molecular complexity index is 525. The molecule has 0 unspecified atom stereocenters. The zero-order valence-corrected chi connectivity index (χ0v) is 13.1. The van der Waals surface area contributed by atoms with Crippen LogP contribution in [0.5, 0.6) is 0 Å². The number of carbonyl (C=O) groups excluding carboxylic acids is 2. The SMILES string of the molecule is CC(C)OC(=O)CSc1nnc(C2CC2)n1CCC(N)=O. The van der Waals surface area contributed by atoms with Crippen LogP contribution < -0.4 is 5.73 Å². The molecule has 1 aromatic rings. The molecule has 1 fully saturated rings. The van der Waals surface area contributed by atoms with Crippen LogP contribution in [0.4, 0.5) is 0 Å². The molecule has 0 aliphatic heterocycles. The summed E-state index contributed by atoms with van der Waals surface area (Å²) in [5.41, 5.74) is 5.20. The largest absolute Gasteiger partial charge is 0.462 e. The van der Waals surface area contributed by atoms with Crippen LogP contribution in [0.2, 0.25) is 0 Å². The highest BCUT2D eigenvalue weighted by Gasteiger charge is 2.30. The molecule has 1 aromatic heterocycles. The molecule has 7 nitrogen and oxygen atoms in total. The summed E-state index contributed by atoms with van der Waals surface area (Å²) in [6.45, 7) is 4.07. The minimum absolute atomic E-state index is 0.132. The summed E-state index contributed by atoms with van der Waals surface area (Å²) in [5.74, 6) is 0.837. The number of primary amides is 1. The number of hydrogen-bond acceptors (Lipinski definition) is 6. The van der Waals surface area contributed by atoms with Gasteiger partial charge in [-0.3, -0.25) is 9.59 Å². The first-order chi connectivity index (χ1) is 9.97. The molecule has 0 radical (unpaired) electrons. The number of ether oxygens (including phenoxy) is 1. The van der Waals surface area contributed by atoms with Gasteiger partial charge in [-0.1, -0.05) is 11.8 Å². The number of rotatable bonds is 8. The molecule has 8 heteroatoms. The average Bonchev–Trinajstić information content (AvgIpc) is 3.14. The van der Waals surface area contributed by atoms with E-state index in [0.717, 1.165) is 18.7 Å². The van der Waals surface area contributed by atoms with Gasteiger partial charge in [-0.25, -0.2) is 0 Å². The second-order valence-corrected chi connectivity index (χ2v) is 6.25. The Labute approximate surface area is 127 Å². The highest BCUT2D eigenvalue weighted by molar-refractivity contribution is 7.99. The van der Waals surface area contributed by atoms with Crippen molar-refractivity contribution >= 4 is 23.6 Å². The Balaban J connectivity index is 2.00. The third-order valence-electron chi connectivity index (χ3n) is 2.96. The van der Waals surface area contributed by atoms with Gasteiger partial charge in [-0.2, -0.15) is 0 Å². The summed E-state index contributed by atoms with van der Waals surface area (Å²) in [5, 5.41) is 8.94. The summed E-state index contributed by atoms with van der Waals surface area (Å²) in [6, 6.07) is 0. The van der Waals surface area contributed by atoms with Gasteiger partial charge in [-0.15, -0.1) is 10.2 Å². The van der Waals surface area contributed by atoms with Crippen molar-refractivity contribution in [2.45, 2.75) is 56.8 Å². The Kier molecular flexibility index (Phi) is 5.22. The van der Waals surface area contributed by atoms with Gasteiger partial charge in [0.05, 0.1) is 11.9 Å². The number of hydrogen-bond donors (Lipinski definition) is 1. The monoisotopic (exact) mass is 312 g/mol. The fourth-order valence-electron chi connectivity index (χ4n) is 1.90. The number of nitrogens with two attached hydrogens (primary N) is 1. The van der Waals surface area contributed by atoms with Crippen LogP contribution in [0.15, 0.2) is 5.16 Å². The summed E-state index contributed by atoms with van der Waals surface area (Å²) in [7, 11) is 0. The number of aromatic nitrogens is 3. The van der Waals surface area contributed by atoms with Crippen LogP contribution in [0.25, 0.3) is 0 Å². The van der Waals surface area contributed by atoms with E-state index in [1.165, 1.54) is 11.8 Å². The summed E-state index contributed by atoms with van der Waals surface area (Å²) < 4.78 is 6.98. The molecule has 0 aromatic carbocycles. The van der Waals surface area contributed by atoms with Crippen molar-refractivity contribution in [1.82, 2.24) is 14.8 Å². The lowest BCUT2D eigenvalue weighted by Crippen LogP contribution is -2.16. The van der Waals surface area contributed by atoms with Gasteiger partial charge in [0.1, 0.15) is 5.82 Å².